The van der Waals surface area contributed by atoms with Crippen LogP contribution in [0.2, 0.25) is 5.02 Å². The summed E-state index contributed by atoms with van der Waals surface area (Å²) in [4.78, 5) is 23.1. The molecule has 126 valence electrons. The minimum absolute atomic E-state index is 0.00945. The molecule has 5 nitrogen and oxygen atoms in total. The van der Waals surface area contributed by atoms with Gasteiger partial charge in [-0.3, -0.25) is 14.9 Å². The number of amides is 1. The molecule has 2 aromatic rings. The van der Waals surface area contributed by atoms with Gasteiger partial charge in [0.1, 0.15) is 0 Å². The summed E-state index contributed by atoms with van der Waals surface area (Å²) in [5, 5.41) is 14.3. The summed E-state index contributed by atoms with van der Waals surface area (Å²) in [7, 11) is 0. The van der Waals surface area contributed by atoms with Crippen molar-refractivity contribution in [2.45, 2.75) is 26.7 Å². The van der Waals surface area contributed by atoms with Crippen LogP contribution in [0.4, 0.5) is 11.4 Å². The molecule has 0 spiro atoms. The molecule has 1 N–H and O–H groups in total. The maximum absolute atomic E-state index is 12.7. The lowest BCUT2D eigenvalue weighted by Crippen LogP contribution is -2.25. The van der Waals surface area contributed by atoms with Gasteiger partial charge in [0.2, 0.25) is 5.91 Å². The van der Waals surface area contributed by atoms with Gasteiger partial charge in [0.15, 0.2) is 0 Å². The van der Waals surface area contributed by atoms with Crippen LogP contribution in [-0.2, 0) is 4.79 Å². The van der Waals surface area contributed by atoms with Gasteiger partial charge in [0.25, 0.3) is 5.69 Å². The van der Waals surface area contributed by atoms with Crippen LogP contribution in [0, 0.1) is 23.0 Å². The normalized spacial score (nSPS) is 12.0. The van der Waals surface area contributed by atoms with Crippen LogP contribution in [0.15, 0.2) is 42.5 Å². The summed E-state index contributed by atoms with van der Waals surface area (Å²) in [6.07, 6.45) is 0. The summed E-state index contributed by atoms with van der Waals surface area (Å²) in [5.41, 5.74) is 2.34. The van der Waals surface area contributed by atoms with E-state index in [-0.39, 0.29) is 17.5 Å². The first-order valence-corrected chi connectivity index (χ1v) is 7.98. The van der Waals surface area contributed by atoms with Crippen molar-refractivity contribution >= 4 is 28.9 Å². The van der Waals surface area contributed by atoms with Crippen molar-refractivity contribution in [1.82, 2.24) is 0 Å². The summed E-state index contributed by atoms with van der Waals surface area (Å²) in [5.74, 6) is -0.510. The molecule has 0 fully saturated rings. The number of hydrogen-bond donors (Lipinski definition) is 1. The second-order valence-electron chi connectivity index (χ2n) is 6.02. The highest BCUT2D eigenvalue weighted by Gasteiger charge is 2.25. The fourth-order valence-electron chi connectivity index (χ4n) is 2.62. The van der Waals surface area contributed by atoms with Gasteiger partial charge in [-0.15, -0.1) is 0 Å². The molecule has 0 saturated heterocycles. The Balaban J connectivity index is 2.26. The number of nitrogens with zero attached hydrogens (tertiary/aromatic N) is 1. The number of non-ortho nitro benzene ring substituents is 1. The summed E-state index contributed by atoms with van der Waals surface area (Å²) in [6, 6.07) is 11.4. The van der Waals surface area contributed by atoms with Crippen molar-refractivity contribution in [2.75, 3.05) is 5.32 Å². The highest BCUT2D eigenvalue weighted by molar-refractivity contribution is 6.30. The predicted octanol–water partition coefficient (Wildman–Crippen LogP) is 4.93. The Labute approximate surface area is 145 Å². The molecule has 0 aliphatic rings. The van der Waals surface area contributed by atoms with E-state index in [9.17, 15) is 14.9 Å². The lowest BCUT2D eigenvalue weighted by molar-refractivity contribution is -0.384. The number of nitro benzene ring substituents is 1. The van der Waals surface area contributed by atoms with Crippen LogP contribution >= 0.6 is 11.6 Å². The van der Waals surface area contributed by atoms with Gasteiger partial charge in [-0.2, -0.15) is 0 Å². The third-order valence-electron chi connectivity index (χ3n) is 3.86. The van der Waals surface area contributed by atoms with E-state index in [2.05, 4.69) is 5.32 Å². The largest absolute Gasteiger partial charge is 0.325 e. The second-order valence-corrected chi connectivity index (χ2v) is 6.46. The molecule has 1 atom stereocenters. The maximum Gasteiger partial charge on any atom is 0.269 e. The smallest absolute Gasteiger partial charge is 0.269 e. The maximum atomic E-state index is 12.7. The molecule has 0 aromatic heterocycles. The van der Waals surface area contributed by atoms with Gasteiger partial charge in [-0.25, -0.2) is 0 Å². The Kier molecular flexibility index (Phi) is 5.57. The van der Waals surface area contributed by atoms with Gasteiger partial charge in [0, 0.05) is 22.8 Å². The number of hydrogen-bond acceptors (Lipinski definition) is 3. The SMILES string of the molecule is Cc1cc(Cl)ccc1NC(=O)C(c1ccc([N+](=O)[O-])cc1)C(C)C. The van der Waals surface area contributed by atoms with Crippen LogP contribution in [-0.4, -0.2) is 10.8 Å². The first kappa shape index (κ1) is 17.9. The highest BCUT2D eigenvalue weighted by Crippen LogP contribution is 2.29. The molecule has 24 heavy (non-hydrogen) atoms. The molecule has 2 rings (SSSR count). The zero-order valence-corrected chi connectivity index (χ0v) is 14.5. The number of aryl methyl sites for hydroxylation is 1. The average molecular weight is 347 g/mol. The zero-order chi connectivity index (χ0) is 17.9. The number of benzene rings is 2. The molecule has 0 aliphatic heterocycles. The number of carbonyl (C=O) groups excluding carboxylic acids is 1. The van der Waals surface area contributed by atoms with Crippen LogP contribution in [0.25, 0.3) is 0 Å². The first-order chi connectivity index (χ1) is 11.3. The molecule has 0 saturated carbocycles. The lowest BCUT2D eigenvalue weighted by atomic mass is 9.87. The van der Waals surface area contributed by atoms with Gasteiger partial charge >= 0.3 is 0 Å². The van der Waals surface area contributed by atoms with Crippen molar-refractivity contribution in [3.63, 3.8) is 0 Å². The number of rotatable bonds is 5. The van der Waals surface area contributed by atoms with Crippen molar-refractivity contribution < 1.29 is 9.72 Å². The molecule has 0 heterocycles. The monoisotopic (exact) mass is 346 g/mol. The molecule has 2 aromatic carbocycles. The van der Waals surface area contributed by atoms with Crippen LogP contribution in [0.5, 0.6) is 0 Å². The van der Waals surface area contributed by atoms with Crippen LogP contribution < -0.4 is 5.32 Å². The molecule has 1 unspecified atom stereocenters. The van der Waals surface area contributed by atoms with Crippen molar-refractivity contribution in [3.05, 3.63) is 68.7 Å². The van der Waals surface area contributed by atoms with Crippen molar-refractivity contribution in [1.29, 1.82) is 0 Å². The fourth-order valence-corrected chi connectivity index (χ4v) is 2.85. The minimum atomic E-state index is -0.453. The summed E-state index contributed by atoms with van der Waals surface area (Å²) in [6.45, 7) is 5.76. The van der Waals surface area contributed by atoms with E-state index >= 15 is 0 Å². The number of nitrogens with one attached hydrogen (secondary N) is 1. The molecule has 0 aliphatic carbocycles. The Hall–Kier alpha value is -2.40. The fraction of sp³-hybridized carbons (Fsp3) is 0.278. The van der Waals surface area contributed by atoms with E-state index in [0.29, 0.717) is 10.7 Å². The van der Waals surface area contributed by atoms with Gasteiger partial charge in [-0.05, 0) is 42.2 Å². The van der Waals surface area contributed by atoms with Gasteiger partial charge in [-0.1, -0.05) is 37.6 Å². The number of carbonyl (C=O) groups is 1. The average Bonchev–Trinajstić information content (AvgIpc) is 2.50. The number of nitro groups is 1. The topological polar surface area (TPSA) is 72.2 Å². The first-order valence-electron chi connectivity index (χ1n) is 7.61. The Bertz CT molecular complexity index is 757. The third kappa shape index (κ3) is 4.11. The minimum Gasteiger partial charge on any atom is -0.325 e. The van der Waals surface area contributed by atoms with Crippen molar-refractivity contribution in [2.24, 2.45) is 5.92 Å². The Morgan fingerprint density at radius 2 is 1.79 bits per heavy atom. The van der Waals surface area contributed by atoms with E-state index in [0.717, 1.165) is 11.1 Å². The zero-order valence-electron chi connectivity index (χ0n) is 13.7. The number of anilines is 1. The third-order valence-corrected chi connectivity index (χ3v) is 4.09. The standard InChI is InChI=1S/C18H19ClN2O3/c1-11(2)17(13-4-7-15(8-5-13)21(23)24)18(22)20-16-9-6-14(19)10-12(16)3/h4-11,17H,1-3H3,(H,20,22). The van der Waals surface area contributed by atoms with Crippen LogP contribution in [0.3, 0.4) is 0 Å². The number of halogens is 1. The lowest BCUT2D eigenvalue weighted by Gasteiger charge is -2.21. The highest BCUT2D eigenvalue weighted by atomic mass is 35.5. The molecule has 1 amide bonds. The van der Waals surface area contributed by atoms with Gasteiger partial charge < -0.3 is 5.32 Å². The Morgan fingerprint density at radius 3 is 2.29 bits per heavy atom. The van der Waals surface area contributed by atoms with Gasteiger partial charge in [0.05, 0.1) is 10.8 Å². The Morgan fingerprint density at radius 1 is 1.17 bits per heavy atom. The van der Waals surface area contributed by atoms with E-state index < -0.39 is 10.8 Å². The quantitative estimate of drug-likeness (QED) is 0.616. The van der Waals surface area contributed by atoms with Crippen LogP contribution in [0.1, 0.15) is 30.9 Å². The second kappa shape index (κ2) is 7.45. The summed E-state index contributed by atoms with van der Waals surface area (Å²) < 4.78 is 0. The van der Waals surface area contributed by atoms with Crippen molar-refractivity contribution in [3.8, 4) is 0 Å². The predicted molar refractivity (Wildman–Crippen MR) is 95.5 cm³/mol. The molecular formula is C18H19ClN2O3. The molecule has 6 heteroatoms. The molecule has 0 radical (unpaired) electrons. The van der Waals surface area contributed by atoms with E-state index in [1.807, 2.05) is 20.8 Å². The summed E-state index contributed by atoms with van der Waals surface area (Å²) >= 11 is 5.94. The molecular weight excluding hydrogens is 328 g/mol. The van der Waals surface area contributed by atoms with E-state index in [4.69, 9.17) is 11.6 Å². The van der Waals surface area contributed by atoms with E-state index in [1.54, 1.807) is 30.3 Å². The van der Waals surface area contributed by atoms with E-state index in [1.165, 1.54) is 12.1 Å². The molecule has 0 bridgehead atoms.